The van der Waals surface area contributed by atoms with Gasteiger partial charge in [0.2, 0.25) is 0 Å². The first-order valence-corrected chi connectivity index (χ1v) is 4.80. The van der Waals surface area contributed by atoms with Crippen LogP contribution in [-0.2, 0) is 0 Å². The third kappa shape index (κ3) is 3.10. The Labute approximate surface area is 80.9 Å². The molecule has 1 atom stereocenters. The van der Waals surface area contributed by atoms with Crippen molar-refractivity contribution >= 4 is 22.6 Å². The molecular formula is C9H11IO. The Morgan fingerprint density at radius 3 is 2.27 bits per heavy atom. The number of alkyl halides is 1. The van der Waals surface area contributed by atoms with Crippen LogP contribution in [0.3, 0.4) is 0 Å². The van der Waals surface area contributed by atoms with E-state index in [9.17, 15) is 0 Å². The van der Waals surface area contributed by atoms with Crippen LogP contribution in [0.4, 0.5) is 0 Å². The Bertz CT molecular complexity index is 216. The summed E-state index contributed by atoms with van der Waals surface area (Å²) in [5.41, 5.74) is 1.26. The zero-order chi connectivity index (χ0) is 8.27. The molecule has 1 aromatic rings. The van der Waals surface area contributed by atoms with Crippen LogP contribution in [0.2, 0.25) is 0 Å². The average Bonchev–Trinajstić information content (AvgIpc) is 1.93. The van der Waals surface area contributed by atoms with E-state index in [0.29, 0.717) is 0 Å². The second-order valence-corrected chi connectivity index (χ2v) is 4.23. The van der Waals surface area contributed by atoms with E-state index < -0.39 is 0 Å². The van der Waals surface area contributed by atoms with Gasteiger partial charge in [0.25, 0.3) is 0 Å². The first-order chi connectivity index (χ1) is 5.18. The molecule has 0 saturated carbocycles. The van der Waals surface area contributed by atoms with Gasteiger partial charge in [0.15, 0.2) is 0 Å². The fourth-order valence-corrected chi connectivity index (χ4v) is 1.10. The fourth-order valence-electron chi connectivity index (χ4n) is 0.804. The van der Waals surface area contributed by atoms with Gasteiger partial charge in [-0.05, 0) is 48.6 Å². The number of rotatable bonds is 2. The normalized spacial score (nSPS) is 12.6. The molecular weight excluding hydrogens is 251 g/mol. The minimum Gasteiger partial charge on any atom is -0.480 e. The molecule has 0 aliphatic carbocycles. The summed E-state index contributed by atoms with van der Waals surface area (Å²) in [5, 5.41) is 0. The van der Waals surface area contributed by atoms with Crippen LogP contribution in [0.25, 0.3) is 0 Å². The molecule has 1 unspecified atom stereocenters. The summed E-state index contributed by atoms with van der Waals surface area (Å²) in [6.07, 6.45) is 0. The highest BCUT2D eigenvalue weighted by atomic mass is 127. The van der Waals surface area contributed by atoms with Gasteiger partial charge in [-0.1, -0.05) is 17.7 Å². The van der Waals surface area contributed by atoms with E-state index in [0.717, 1.165) is 5.75 Å². The number of ether oxygens (including phenoxy) is 1. The number of hydrogen-bond acceptors (Lipinski definition) is 1. The average molecular weight is 262 g/mol. The van der Waals surface area contributed by atoms with Crippen molar-refractivity contribution in [2.24, 2.45) is 0 Å². The van der Waals surface area contributed by atoms with E-state index in [2.05, 4.69) is 29.5 Å². The van der Waals surface area contributed by atoms with Crippen molar-refractivity contribution in [3.63, 3.8) is 0 Å². The second-order valence-electron chi connectivity index (χ2n) is 2.47. The first-order valence-electron chi connectivity index (χ1n) is 3.56. The Hall–Kier alpha value is -0.250. The lowest BCUT2D eigenvalue weighted by molar-refractivity contribution is 0.322. The van der Waals surface area contributed by atoms with Crippen molar-refractivity contribution in [3.05, 3.63) is 29.8 Å². The highest BCUT2D eigenvalue weighted by Gasteiger charge is 1.96. The van der Waals surface area contributed by atoms with E-state index in [1.54, 1.807) is 0 Å². The number of benzene rings is 1. The monoisotopic (exact) mass is 262 g/mol. The largest absolute Gasteiger partial charge is 0.480 e. The molecule has 0 saturated heterocycles. The Morgan fingerprint density at radius 2 is 1.82 bits per heavy atom. The molecule has 0 amide bonds. The lowest BCUT2D eigenvalue weighted by Gasteiger charge is -2.07. The third-order valence-corrected chi connectivity index (χ3v) is 1.57. The van der Waals surface area contributed by atoms with Crippen LogP contribution >= 0.6 is 22.6 Å². The highest BCUT2D eigenvalue weighted by Crippen LogP contribution is 2.15. The van der Waals surface area contributed by atoms with Crippen LogP contribution < -0.4 is 4.74 Å². The minimum atomic E-state index is 0.232. The van der Waals surface area contributed by atoms with Gasteiger partial charge in [0.05, 0.1) is 0 Å². The van der Waals surface area contributed by atoms with Crippen LogP contribution in [0.5, 0.6) is 5.75 Å². The van der Waals surface area contributed by atoms with Gasteiger partial charge < -0.3 is 4.74 Å². The molecule has 60 valence electrons. The quantitative estimate of drug-likeness (QED) is 0.587. The molecule has 0 heterocycles. The smallest absolute Gasteiger partial charge is 0.146 e. The summed E-state index contributed by atoms with van der Waals surface area (Å²) in [5.74, 6) is 0.942. The van der Waals surface area contributed by atoms with Gasteiger partial charge in [-0.15, -0.1) is 0 Å². The first kappa shape index (κ1) is 8.84. The van der Waals surface area contributed by atoms with Crippen molar-refractivity contribution in [3.8, 4) is 5.75 Å². The molecule has 1 aromatic carbocycles. The summed E-state index contributed by atoms with van der Waals surface area (Å²) in [6.45, 7) is 4.08. The lowest BCUT2D eigenvalue weighted by atomic mass is 10.2. The number of halogens is 1. The second kappa shape index (κ2) is 3.95. The van der Waals surface area contributed by atoms with Gasteiger partial charge in [-0.3, -0.25) is 0 Å². The van der Waals surface area contributed by atoms with Crippen molar-refractivity contribution < 1.29 is 4.74 Å². The van der Waals surface area contributed by atoms with Gasteiger partial charge in [-0.2, -0.15) is 0 Å². The molecule has 0 radical (unpaired) electrons. The summed E-state index contributed by atoms with van der Waals surface area (Å²) in [7, 11) is 0. The summed E-state index contributed by atoms with van der Waals surface area (Å²) in [6, 6.07) is 8.08. The molecule has 0 N–H and O–H groups in total. The van der Waals surface area contributed by atoms with Crippen molar-refractivity contribution in [1.82, 2.24) is 0 Å². The Morgan fingerprint density at radius 1 is 1.27 bits per heavy atom. The van der Waals surface area contributed by atoms with Gasteiger partial charge in [0, 0.05) is 0 Å². The van der Waals surface area contributed by atoms with E-state index in [-0.39, 0.29) is 4.11 Å². The topological polar surface area (TPSA) is 9.23 Å². The standard InChI is InChI=1S/C9H11IO/c1-7-3-5-9(6-4-7)11-8(2)10/h3-6,8H,1-2H3. The molecule has 11 heavy (non-hydrogen) atoms. The maximum atomic E-state index is 5.46. The summed E-state index contributed by atoms with van der Waals surface area (Å²) in [4.78, 5) is 0. The van der Waals surface area contributed by atoms with Crippen molar-refractivity contribution in [1.29, 1.82) is 0 Å². The SMILES string of the molecule is Cc1ccc(OC(C)I)cc1. The molecule has 0 fully saturated rings. The van der Waals surface area contributed by atoms with E-state index in [4.69, 9.17) is 4.74 Å². The van der Waals surface area contributed by atoms with E-state index in [1.807, 2.05) is 31.2 Å². The Kier molecular flexibility index (Phi) is 3.17. The molecule has 0 aliphatic heterocycles. The van der Waals surface area contributed by atoms with Crippen molar-refractivity contribution in [2.75, 3.05) is 0 Å². The predicted octanol–water partition coefficient (Wildman–Crippen LogP) is 3.15. The van der Waals surface area contributed by atoms with E-state index in [1.165, 1.54) is 5.56 Å². The van der Waals surface area contributed by atoms with Crippen LogP contribution in [0.1, 0.15) is 12.5 Å². The van der Waals surface area contributed by atoms with E-state index >= 15 is 0 Å². The molecule has 0 aromatic heterocycles. The van der Waals surface area contributed by atoms with Crippen molar-refractivity contribution in [2.45, 2.75) is 18.0 Å². The maximum absolute atomic E-state index is 5.46. The summed E-state index contributed by atoms with van der Waals surface area (Å²) >= 11 is 2.23. The molecule has 2 heteroatoms. The zero-order valence-electron chi connectivity index (χ0n) is 6.67. The highest BCUT2D eigenvalue weighted by molar-refractivity contribution is 14.1. The van der Waals surface area contributed by atoms with Crippen LogP contribution in [0, 0.1) is 6.92 Å². The summed E-state index contributed by atoms with van der Waals surface area (Å²) < 4.78 is 5.69. The number of aryl methyl sites for hydroxylation is 1. The van der Waals surface area contributed by atoms with Crippen LogP contribution in [0.15, 0.2) is 24.3 Å². The Balaban J connectivity index is 2.66. The molecule has 1 nitrogen and oxygen atoms in total. The number of hydrogen-bond donors (Lipinski definition) is 0. The van der Waals surface area contributed by atoms with Gasteiger partial charge in [-0.25, -0.2) is 0 Å². The molecule has 0 aliphatic rings. The molecule has 0 spiro atoms. The fraction of sp³-hybridized carbons (Fsp3) is 0.333. The third-order valence-electron chi connectivity index (χ3n) is 1.32. The minimum absolute atomic E-state index is 0.232. The molecule has 0 bridgehead atoms. The predicted molar refractivity (Wildman–Crippen MR) is 55.3 cm³/mol. The lowest BCUT2D eigenvalue weighted by Crippen LogP contribution is -2.00. The van der Waals surface area contributed by atoms with Gasteiger partial charge in [0.1, 0.15) is 9.86 Å². The van der Waals surface area contributed by atoms with Crippen LogP contribution in [-0.4, -0.2) is 4.11 Å². The maximum Gasteiger partial charge on any atom is 0.146 e. The molecule has 1 rings (SSSR count). The zero-order valence-corrected chi connectivity index (χ0v) is 8.83. The van der Waals surface area contributed by atoms with Gasteiger partial charge >= 0.3 is 0 Å².